The molecule has 0 aliphatic heterocycles. The van der Waals surface area contributed by atoms with E-state index in [0.29, 0.717) is 6.54 Å². The number of hydrogen-bond acceptors (Lipinski definition) is 4. The molecule has 0 bridgehead atoms. The van der Waals surface area contributed by atoms with E-state index in [-0.39, 0.29) is 11.0 Å². The lowest BCUT2D eigenvalue weighted by Gasteiger charge is -2.15. The van der Waals surface area contributed by atoms with Crippen LogP contribution in [0.3, 0.4) is 0 Å². The number of aliphatic hydroxyl groups is 1. The minimum absolute atomic E-state index is 0.0666. The first-order valence-electron chi connectivity index (χ1n) is 6.06. The quantitative estimate of drug-likeness (QED) is 0.654. The van der Waals surface area contributed by atoms with Crippen molar-refractivity contribution in [2.24, 2.45) is 0 Å². The minimum Gasteiger partial charge on any atom is -0.387 e. The molecule has 0 saturated carbocycles. The van der Waals surface area contributed by atoms with Crippen LogP contribution in [0.25, 0.3) is 0 Å². The van der Waals surface area contributed by atoms with Gasteiger partial charge in [-0.1, -0.05) is 29.8 Å². The lowest BCUT2D eigenvalue weighted by molar-refractivity contribution is 0.168. The maximum Gasteiger partial charge on any atom is 0.294 e. The number of aryl methyl sites for hydroxylation is 1. The van der Waals surface area contributed by atoms with Gasteiger partial charge in [-0.15, -0.1) is 0 Å². The third-order valence-electron chi connectivity index (χ3n) is 2.43. The predicted octanol–water partition coefficient (Wildman–Crippen LogP) is 1.73. The molecule has 114 valence electrons. The zero-order chi connectivity index (χ0) is 15.9. The Hall–Kier alpha value is -1.21. The molecular weight excluding hydrogens is 278 g/mol. The highest BCUT2D eigenvalue weighted by molar-refractivity contribution is 7.85. The van der Waals surface area contributed by atoms with Crippen molar-refractivity contribution in [1.29, 1.82) is 0 Å². The van der Waals surface area contributed by atoms with Crippen LogP contribution in [-0.2, 0) is 10.1 Å². The van der Waals surface area contributed by atoms with E-state index in [1.54, 1.807) is 12.1 Å². The van der Waals surface area contributed by atoms with Gasteiger partial charge >= 0.3 is 0 Å². The number of likely N-dealkylation sites (N-methyl/N-ethyl adjacent to an activating group) is 1. The third kappa shape index (κ3) is 8.06. The highest BCUT2D eigenvalue weighted by Crippen LogP contribution is 2.08. The van der Waals surface area contributed by atoms with E-state index in [2.05, 4.69) is 6.58 Å². The second-order valence-corrected chi connectivity index (χ2v) is 6.33. The van der Waals surface area contributed by atoms with Gasteiger partial charge in [0.05, 0.1) is 11.0 Å². The second kappa shape index (κ2) is 8.16. The summed E-state index contributed by atoms with van der Waals surface area (Å²) in [6.07, 6.45) is -0.375. The number of nitrogens with zero attached hydrogens (tertiary/aromatic N) is 1. The molecule has 0 unspecified atom stereocenters. The van der Waals surface area contributed by atoms with Crippen LogP contribution in [0.15, 0.2) is 41.3 Å². The summed E-state index contributed by atoms with van der Waals surface area (Å²) in [4.78, 5) is 1.86. The molecule has 0 heterocycles. The Labute approximate surface area is 121 Å². The van der Waals surface area contributed by atoms with E-state index in [1.807, 2.05) is 32.8 Å². The van der Waals surface area contributed by atoms with Crippen LogP contribution in [0.1, 0.15) is 12.5 Å². The van der Waals surface area contributed by atoms with Gasteiger partial charge in [0, 0.05) is 6.54 Å². The van der Waals surface area contributed by atoms with E-state index >= 15 is 0 Å². The summed E-state index contributed by atoms with van der Waals surface area (Å²) in [7, 11) is -0.174. The van der Waals surface area contributed by atoms with Gasteiger partial charge in [0.25, 0.3) is 10.1 Å². The van der Waals surface area contributed by atoms with E-state index in [0.717, 1.165) is 11.1 Å². The summed E-state index contributed by atoms with van der Waals surface area (Å²) < 4.78 is 29.6. The molecule has 0 aliphatic carbocycles. The standard InChI is InChI=1S/C7H15NO.C7H8O3S/c1-6(2)7(9)5-8(3)4;1-6-2-4-7(5-3-6)11(8,9)10/h7,9H,1,5H2,2-4H3;2-5H,1H3,(H,8,9,10)/t7-;/m1./s1. The molecule has 0 amide bonds. The average Bonchev–Trinajstić information content (AvgIpc) is 2.28. The predicted molar refractivity (Wildman–Crippen MR) is 80.4 cm³/mol. The summed E-state index contributed by atoms with van der Waals surface area (Å²) in [5.41, 5.74) is 1.78. The van der Waals surface area contributed by atoms with Gasteiger partial charge in [-0.2, -0.15) is 8.42 Å². The molecule has 0 fully saturated rings. The molecule has 0 spiro atoms. The van der Waals surface area contributed by atoms with Crippen LogP contribution in [0.2, 0.25) is 0 Å². The van der Waals surface area contributed by atoms with E-state index in [9.17, 15) is 8.42 Å². The van der Waals surface area contributed by atoms with Crippen LogP contribution in [-0.4, -0.2) is 49.7 Å². The zero-order valence-corrected chi connectivity index (χ0v) is 13.2. The maximum absolute atomic E-state index is 10.5. The Morgan fingerprint density at radius 3 is 2.00 bits per heavy atom. The molecule has 1 aromatic carbocycles. The number of benzene rings is 1. The first kappa shape index (κ1) is 18.8. The molecule has 0 aliphatic rings. The first-order chi connectivity index (χ1) is 9.04. The summed E-state index contributed by atoms with van der Waals surface area (Å²) in [5.74, 6) is 0. The first-order valence-corrected chi connectivity index (χ1v) is 7.50. The summed E-state index contributed by atoms with van der Waals surface area (Å²) >= 11 is 0. The highest BCUT2D eigenvalue weighted by Gasteiger charge is 2.06. The molecule has 0 saturated heterocycles. The number of rotatable bonds is 4. The lowest BCUT2D eigenvalue weighted by atomic mass is 10.2. The van der Waals surface area contributed by atoms with Gasteiger partial charge in [0.2, 0.25) is 0 Å². The Bertz CT molecular complexity index is 521. The molecule has 20 heavy (non-hydrogen) atoms. The number of hydrogen-bond donors (Lipinski definition) is 2. The fraction of sp³-hybridized carbons (Fsp3) is 0.429. The van der Waals surface area contributed by atoms with Crippen LogP contribution >= 0.6 is 0 Å². The summed E-state index contributed by atoms with van der Waals surface area (Å²) in [6.45, 7) is 7.96. The van der Waals surface area contributed by atoms with Gasteiger partial charge < -0.3 is 10.0 Å². The SMILES string of the molecule is C=C(C)[C@H](O)CN(C)C.Cc1ccc(S(=O)(=O)O)cc1. The van der Waals surface area contributed by atoms with Crippen LogP contribution in [0.5, 0.6) is 0 Å². The molecule has 5 nitrogen and oxygen atoms in total. The Kier molecular flexibility index (Phi) is 7.67. The van der Waals surface area contributed by atoms with Crippen LogP contribution in [0.4, 0.5) is 0 Å². The van der Waals surface area contributed by atoms with Crippen LogP contribution < -0.4 is 0 Å². The van der Waals surface area contributed by atoms with Gasteiger partial charge in [-0.3, -0.25) is 4.55 Å². The Morgan fingerprint density at radius 1 is 1.30 bits per heavy atom. The Morgan fingerprint density at radius 2 is 1.75 bits per heavy atom. The van der Waals surface area contributed by atoms with Crippen molar-refractivity contribution in [3.63, 3.8) is 0 Å². The normalized spacial score (nSPS) is 12.6. The van der Waals surface area contributed by atoms with Crippen LogP contribution in [0, 0.1) is 6.92 Å². The molecule has 0 radical (unpaired) electrons. The zero-order valence-electron chi connectivity index (χ0n) is 12.4. The minimum atomic E-state index is -4.02. The van der Waals surface area contributed by atoms with Crippen molar-refractivity contribution in [1.82, 2.24) is 4.90 Å². The largest absolute Gasteiger partial charge is 0.387 e. The van der Waals surface area contributed by atoms with Crippen molar-refractivity contribution in [2.45, 2.75) is 24.8 Å². The molecule has 1 rings (SSSR count). The van der Waals surface area contributed by atoms with E-state index in [4.69, 9.17) is 9.66 Å². The van der Waals surface area contributed by atoms with Gasteiger partial charge in [-0.05, 0) is 40.1 Å². The fourth-order valence-corrected chi connectivity index (χ4v) is 1.69. The lowest BCUT2D eigenvalue weighted by Crippen LogP contribution is -2.26. The van der Waals surface area contributed by atoms with Gasteiger partial charge in [0.1, 0.15) is 0 Å². The van der Waals surface area contributed by atoms with E-state index < -0.39 is 10.1 Å². The molecule has 1 aromatic rings. The second-order valence-electron chi connectivity index (χ2n) is 4.91. The third-order valence-corrected chi connectivity index (χ3v) is 3.29. The summed E-state index contributed by atoms with van der Waals surface area (Å²) in [5, 5.41) is 9.16. The molecular formula is C14H23NO4S. The van der Waals surface area contributed by atoms with Crippen molar-refractivity contribution in [2.75, 3.05) is 20.6 Å². The van der Waals surface area contributed by atoms with Crippen molar-refractivity contribution in [3.05, 3.63) is 42.0 Å². The highest BCUT2D eigenvalue weighted by atomic mass is 32.2. The fourth-order valence-electron chi connectivity index (χ4n) is 1.21. The smallest absolute Gasteiger partial charge is 0.294 e. The topological polar surface area (TPSA) is 77.8 Å². The van der Waals surface area contributed by atoms with Gasteiger partial charge in [-0.25, -0.2) is 0 Å². The summed E-state index contributed by atoms with van der Waals surface area (Å²) in [6, 6.07) is 5.99. The molecule has 1 atom stereocenters. The molecule has 6 heteroatoms. The molecule has 0 aromatic heterocycles. The number of aliphatic hydroxyl groups excluding tert-OH is 1. The Balaban J connectivity index is 0.000000370. The maximum atomic E-state index is 10.5. The average molecular weight is 301 g/mol. The van der Waals surface area contributed by atoms with Crippen molar-refractivity contribution < 1.29 is 18.1 Å². The van der Waals surface area contributed by atoms with Gasteiger partial charge in [0.15, 0.2) is 0 Å². The van der Waals surface area contributed by atoms with Crippen molar-refractivity contribution >= 4 is 10.1 Å². The molecule has 2 N–H and O–H groups in total. The monoisotopic (exact) mass is 301 g/mol. The van der Waals surface area contributed by atoms with Crippen molar-refractivity contribution in [3.8, 4) is 0 Å². The van der Waals surface area contributed by atoms with E-state index in [1.165, 1.54) is 12.1 Å².